The molecular formula is C11H23Li. The van der Waals surface area contributed by atoms with Crippen molar-refractivity contribution in [1.82, 2.24) is 0 Å². The molecule has 0 amide bonds. The second-order valence-corrected chi connectivity index (χ2v) is 4.92. The van der Waals surface area contributed by atoms with Gasteiger partial charge in [-0.3, -0.25) is 0 Å². The van der Waals surface area contributed by atoms with Crippen LogP contribution in [-0.4, -0.2) is 17.7 Å². The van der Waals surface area contributed by atoms with Crippen molar-refractivity contribution in [3.8, 4) is 0 Å². The molecule has 0 nitrogen and oxygen atoms in total. The van der Waals surface area contributed by atoms with Crippen molar-refractivity contribution in [3.63, 3.8) is 0 Å². The number of unbranched alkanes of at least 4 members (excludes halogenated alkanes) is 1. The molecule has 0 aliphatic carbocycles. The third-order valence-electron chi connectivity index (χ3n) is 3.71. The van der Waals surface area contributed by atoms with Crippen molar-refractivity contribution in [1.29, 1.82) is 0 Å². The Hall–Kier alpha value is 0.597. The van der Waals surface area contributed by atoms with E-state index in [0.29, 0.717) is 4.09 Å². The van der Waals surface area contributed by atoms with Crippen LogP contribution in [0.5, 0.6) is 0 Å². The van der Waals surface area contributed by atoms with Crippen molar-refractivity contribution in [2.75, 3.05) is 0 Å². The predicted octanol–water partition coefficient (Wildman–Crippen LogP) is 3.82. The van der Waals surface area contributed by atoms with Crippen LogP contribution in [-0.2, 0) is 0 Å². The van der Waals surface area contributed by atoms with Gasteiger partial charge in [-0.2, -0.15) is 0 Å². The van der Waals surface area contributed by atoms with E-state index in [9.17, 15) is 0 Å². The molecule has 0 heterocycles. The zero-order chi connectivity index (χ0) is 9.78. The summed E-state index contributed by atoms with van der Waals surface area (Å²) < 4.78 is 0.552. The molecule has 0 aromatic heterocycles. The van der Waals surface area contributed by atoms with E-state index in [0.717, 1.165) is 11.8 Å². The standard InChI is InChI=1S/C11H23.Li/c1-6-7-8-11(9(2)3)10(4)5;/h9-10H,6-8H2,1-5H3;. The van der Waals surface area contributed by atoms with Gasteiger partial charge in [0.15, 0.2) is 0 Å². The fraction of sp³-hybridized carbons (Fsp3) is 1.00. The molecule has 0 aliphatic heterocycles. The van der Waals surface area contributed by atoms with Crippen molar-refractivity contribution in [3.05, 3.63) is 0 Å². The Morgan fingerprint density at radius 2 is 1.50 bits per heavy atom. The average molecular weight is 162 g/mol. The van der Waals surface area contributed by atoms with Gasteiger partial charge in [0, 0.05) is 0 Å². The molecule has 0 rings (SSSR count). The first kappa shape index (κ1) is 12.6. The van der Waals surface area contributed by atoms with E-state index in [2.05, 4.69) is 52.3 Å². The summed E-state index contributed by atoms with van der Waals surface area (Å²) in [5, 5.41) is 0. The summed E-state index contributed by atoms with van der Waals surface area (Å²) in [5.41, 5.74) is 0. The average Bonchev–Trinajstić information content (AvgIpc) is 1.99. The normalized spacial score (nSPS) is 13.1. The first-order chi connectivity index (χ1) is 5.45. The molecule has 0 saturated heterocycles. The number of hydrogen-bond donors (Lipinski definition) is 0. The molecule has 0 aromatic rings. The molecule has 0 radical (unpaired) electrons. The van der Waals surface area contributed by atoms with Gasteiger partial charge in [-0.1, -0.05) is 0 Å². The minimum absolute atomic E-state index is 0.552. The van der Waals surface area contributed by atoms with E-state index >= 15 is 0 Å². The van der Waals surface area contributed by atoms with Crippen LogP contribution in [0.3, 0.4) is 0 Å². The molecule has 0 aliphatic rings. The SMILES string of the molecule is [Li][C](CCCC)(C(C)C)C(C)C. The van der Waals surface area contributed by atoms with Crippen molar-refractivity contribution < 1.29 is 0 Å². The van der Waals surface area contributed by atoms with Crippen LogP contribution in [0, 0.1) is 11.8 Å². The Kier molecular flexibility index (Phi) is 5.62. The summed E-state index contributed by atoms with van der Waals surface area (Å²) in [6.07, 6.45) is 4.10. The molecule has 0 atom stereocenters. The van der Waals surface area contributed by atoms with Crippen LogP contribution in [0.25, 0.3) is 0 Å². The molecule has 12 heavy (non-hydrogen) atoms. The summed E-state index contributed by atoms with van der Waals surface area (Å²) in [7, 11) is 0. The van der Waals surface area contributed by atoms with E-state index in [1.807, 2.05) is 0 Å². The van der Waals surface area contributed by atoms with Gasteiger partial charge < -0.3 is 0 Å². The summed E-state index contributed by atoms with van der Waals surface area (Å²) in [4.78, 5) is 0. The quantitative estimate of drug-likeness (QED) is 0.539. The van der Waals surface area contributed by atoms with Crippen LogP contribution in [0.2, 0.25) is 4.09 Å². The Labute approximate surface area is 87.7 Å². The van der Waals surface area contributed by atoms with Crippen LogP contribution in [0.1, 0.15) is 53.9 Å². The maximum atomic E-state index is 2.44. The van der Waals surface area contributed by atoms with E-state index in [1.54, 1.807) is 0 Å². The van der Waals surface area contributed by atoms with Gasteiger partial charge in [0.05, 0.1) is 0 Å². The molecule has 0 aromatic carbocycles. The van der Waals surface area contributed by atoms with Gasteiger partial charge in [-0.05, 0) is 0 Å². The van der Waals surface area contributed by atoms with Crippen LogP contribution < -0.4 is 0 Å². The Morgan fingerprint density at radius 3 is 1.75 bits per heavy atom. The van der Waals surface area contributed by atoms with E-state index < -0.39 is 0 Å². The van der Waals surface area contributed by atoms with E-state index in [-0.39, 0.29) is 0 Å². The zero-order valence-electron chi connectivity index (χ0n) is 9.78. The molecule has 0 N–H and O–H groups in total. The third kappa shape index (κ3) is 3.15. The summed E-state index contributed by atoms with van der Waals surface area (Å²) in [6.45, 7) is 11.7. The Morgan fingerprint density at radius 1 is 1.08 bits per heavy atom. The predicted molar refractivity (Wildman–Crippen MR) is 57.6 cm³/mol. The van der Waals surface area contributed by atoms with Gasteiger partial charge in [0.2, 0.25) is 0 Å². The van der Waals surface area contributed by atoms with Crippen LogP contribution in [0.15, 0.2) is 0 Å². The number of hydrogen-bond acceptors (Lipinski definition) is 0. The zero-order valence-corrected chi connectivity index (χ0v) is 9.78. The fourth-order valence-electron chi connectivity index (χ4n) is 1.80. The van der Waals surface area contributed by atoms with Crippen molar-refractivity contribution in [2.45, 2.75) is 58.0 Å². The molecule has 68 valence electrons. The van der Waals surface area contributed by atoms with Gasteiger partial charge >= 0.3 is 87.5 Å². The molecule has 0 unspecified atom stereocenters. The molecular weight excluding hydrogens is 139 g/mol. The monoisotopic (exact) mass is 162 g/mol. The topological polar surface area (TPSA) is 0 Å². The Balaban J connectivity index is 4.19. The summed E-state index contributed by atoms with van der Waals surface area (Å²) >= 11 is 2.44. The van der Waals surface area contributed by atoms with Crippen molar-refractivity contribution in [2.24, 2.45) is 11.8 Å². The summed E-state index contributed by atoms with van der Waals surface area (Å²) in [5.74, 6) is 1.62. The molecule has 0 fully saturated rings. The molecule has 1 heteroatoms. The van der Waals surface area contributed by atoms with Crippen LogP contribution in [0.4, 0.5) is 0 Å². The minimum atomic E-state index is 0.552. The fourth-order valence-corrected chi connectivity index (χ4v) is 1.80. The molecule has 0 spiro atoms. The maximum absolute atomic E-state index is 2.44. The molecule has 0 bridgehead atoms. The van der Waals surface area contributed by atoms with E-state index in [1.165, 1.54) is 19.3 Å². The second-order valence-electron chi connectivity index (χ2n) is 4.92. The third-order valence-corrected chi connectivity index (χ3v) is 3.71. The summed E-state index contributed by atoms with van der Waals surface area (Å²) in [6, 6.07) is 0. The Bertz CT molecular complexity index is 108. The van der Waals surface area contributed by atoms with Gasteiger partial charge in [0.25, 0.3) is 0 Å². The van der Waals surface area contributed by atoms with E-state index in [4.69, 9.17) is 0 Å². The van der Waals surface area contributed by atoms with Gasteiger partial charge in [-0.25, -0.2) is 0 Å². The molecule has 0 saturated carbocycles. The number of rotatable bonds is 5. The second kappa shape index (κ2) is 5.35. The van der Waals surface area contributed by atoms with Crippen molar-refractivity contribution >= 4 is 17.7 Å². The van der Waals surface area contributed by atoms with Crippen LogP contribution >= 0.6 is 0 Å². The van der Waals surface area contributed by atoms with Gasteiger partial charge in [0.1, 0.15) is 0 Å². The van der Waals surface area contributed by atoms with Gasteiger partial charge in [-0.15, -0.1) is 0 Å². The first-order valence-electron chi connectivity index (χ1n) is 5.45. The first-order valence-corrected chi connectivity index (χ1v) is 5.45.